The zero-order valence-electron chi connectivity index (χ0n) is 10.3. The van der Waals surface area contributed by atoms with Gasteiger partial charge in [0.15, 0.2) is 6.29 Å². The number of hydrogen-bond acceptors (Lipinski definition) is 4. The van der Waals surface area contributed by atoms with Crippen molar-refractivity contribution in [2.75, 3.05) is 21.3 Å². The van der Waals surface area contributed by atoms with E-state index < -0.39 is 0 Å². The molecule has 1 heterocycles. The lowest BCUT2D eigenvalue weighted by atomic mass is 10.0. The first kappa shape index (κ1) is 12.5. The molecule has 1 aliphatic carbocycles. The molecule has 2 rings (SSSR count). The molecule has 1 saturated heterocycles. The fourth-order valence-electron chi connectivity index (χ4n) is 2.75. The van der Waals surface area contributed by atoms with E-state index in [2.05, 4.69) is 0 Å². The second-order valence-electron chi connectivity index (χ2n) is 4.74. The molecule has 0 aromatic heterocycles. The molecule has 4 unspecified atom stereocenters. The lowest BCUT2D eigenvalue weighted by Gasteiger charge is -2.27. The molecule has 0 spiro atoms. The molecule has 2 aliphatic rings. The van der Waals surface area contributed by atoms with Gasteiger partial charge < -0.3 is 18.9 Å². The maximum atomic E-state index is 5.56. The van der Waals surface area contributed by atoms with Crippen molar-refractivity contribution in [2.45, 2.75) is 49.0 Å². The van der Waals surface area contributed by atoms with Crippen LogP contribution in [0.3, 0.4) is 0 Å². The third-order valence-electron chi connectivity index (χ3n) is 3.75. The Hall–Kier alpha value is 0.0569. The van der Waals surface area contributed by atoms with Gasteiger partial charge in [0.05, 0.1) is 27.5 Å². The molecule has 0 N–H and O–H groups in total. The fraction of sp³-hybridized carbons (Fsp3) is 1.00. The molecule has 5 heteroatoms. The SMILES string of the molecule is COC(OC)C(OC)[SiH2]C1CCC2OC2C1. The van der Waals surface area contributed by atoms with Crippen LogP contribution < -0.4 is 0 Å². The van der Waals surface area contributed by atoms with E-state index in [0.29, 0.717) is 12.2 Å². The van der Waals surface area contributed by atoms with Gasteiger partial charge in [-0.05, 0) is 18.4 Å². The summed E-state index contributed by atoms with van der Waals surface area (Å²) in [6.07, 6.45) is 4.72. The largest absolute Gasteiger partial charge is 0.380 e. The van der Waals surface area contributed by atoms with Gasteiger partial charge in [-0.2, -0.15) is 0 Å². The van der Waals surface area contributed by atoms with Gasteiger partial charge in [-0.15, -0.1) is 0 Å². The van der Waals surface area contributed by atoms with E-state index in [1.54, 1.807) is 21.3 Å². The zero-order valence-corrected chi connectivity index (χ0v) is 11.8. The van der Waals surface area contributed by atoms with Crippen molar-refractivity contribution in [1.82, 2.24) is 0 Å². The second kappa shape index (κ2) is 5.60. The second-order valence-corrected chi connectivity index (χ2v) is 7.17. The maximum absolute atomic E-state index is 5.56. The third kappa shape index (κ3) is 2.84. The topological polar surface area (TPSA) is 40.2 Å². The van der Waals surface area contributed by atoms with E-state index >= 15 is 0 Å². The van der Waals surface area contributed by atoms with Crippen molar-refractivity contribution in [3.8, 4) is 0 Å². The van der Waals surface area contributed by atoms with E-state index in [4.69, 9.17) is 18.9 Å². The summed E-state index contributed by atoms with van der Waals surface area (Å²) in [6, 6.07) is 0. The van der Waals surface area contributed by atoms with Gasteiger partial charge in [0, 0.05) is 21.3 Å². The molecule has 0 aromatic rings. The van der Waals surface area contributed by atoms with E-state index in [1.807, 2.05) is 0 Å². The van der Waals surface area contributed by atoms with Crippen molar-refractivity contribution >= 4 is 9.52 Å². The Morgan fingerprint density at radius 2 is 1.81 bits per heavy atom. The van der Waals surface area contributed by atoms with Gasteiger partial charge in [-0.25, -0.2) is 0 Å². The summed E-state index contributed by atoms with van der Waals surface area (Å²) in [5.41, 5.74) is 0.983. The molecule has 0 radical (unpaired) electrons. The van der Waals surface area contributed by atoms with Gasteiger partial charge in [-0.3, -0.25) is 0 Å². The molecular formula is C11H22O4Si. The van der Waals surface area contributed by atoms with Crippen LogP contribution in [0.4, 0.5) is 0 Å². The Labute approximate surface area is 99.4 Å². The minimum Gasteiger partial charge on any atom is -0.380 e. The van der Waals surface area contributed by atoms with E-state index in [0.717, 1.165) is 5.54 Å². The first-order chi connectivity index (χ1) is 7.78. The van der Waals surface area contributed by atoms with Crippen LogP contribution >= 0.6 is 0 Å². The molecule has 4 atom stereocenters. The van der Waals surface area contributed by atoms with Gasteiger partial charge >= 0.3 is 0 Å². The van der Waals surface area contributed by atoms with Crippen LogP contribution in [-0.2, 0) is 18.9 Å². The monoisotopic (exact) mass is 246 g/mol. The Bertz CT molecular complexity index is 222. The lowest BCUT2D eigenvalue weighted by molar-refractivity contribution is -0.149. The highest BCUT2D eigenvalue weighted by Gasteiger charge is 2.44. The first-order valence-corrected chi connectivity index (χ1v) is 7.65. The molecule has 0 aromatic carbocycles. The van der Waals surface area contributed by atoms with Gasteiger partial charge in [-0.1, -0.05) is 6.42 Å². The summed E-state index contributed by atoms with van der Waals surface area (Å²) in [4.78, 5) is 0. The zero-order chi connectivity index (χ0) is 11.5. The van der Waals surface area contributed by atoms with Crippen LogP contribution in [0, 0.1) is 0 Å². The Kier molecular flexibility index (Phi) is 4.38. The molecule has 4 nitrogen and oxygen atoms in total. The van der Waals surface area contributed by atoms with E-state index in [1.165, 1.54) is 19.3 Å². The molecule has 16 heavy (non-hydrogen) atoms. The number of epoxide rings is 1. The molecule has 1 aliphatic heterocycles. The first-order valence-electron chi connectivity index (χ1n) is 6.02. The average Bonchev–Trinajstić information content (AvgIpc) is 3.07. The minimum atomic E-state index is -0.347. The molecule has 2 fully saturated rings. The van der Waals surface area contributed by atoms with Crippen LogP contribution in [0.2, 0.25) is 5.54 Å². The van der Waals surface area contributed by atoms with Gasteiger partial charge in [0.25, 0.3) is 0 Å². The summed E-state index contributed by atoms with van der Waals surface area (Å²) < 4.78 is 21.6. The quantitative estimate of drug-likeness (QED) is 0.388. The van der Waals surface area contributed by atoms with Crippen molar-refractivity contribution < 1.29 is 18.9 Å². The van der Waals surface area contributed by atoms with Crippen molar-refractivity contribution in [3.63, 3.8) is 0 Å². The highest BCUT2D eigenvalue weighted by Crippen LogP contribution is 2.42. The number of methoxy groups -OCH3 is 3. The average molecular weight is 246 g/mol. The molecule has 1 saturated carbocycles. The summed E-state index contributed by atoms with van der Waals surface area (Å²) in [6.45, 7) is 0. The number of rotatable bonds is 6. The van der Waals surface area contributed by atoms with E-state index in [-0.39, 0.29) is 21.5 Å². The lowest BCUT2D eigenvalue weighted by Crippen LogP contribution is -2.39. The van der Waals surface area contributed by atoms with E-state index in [9.17, 15) is 0 Å². The predicted molar refractivity (Wildman–Crippen MR) is 63.4 cm³/mol. The highest BCUT2D eigenvalue weighted by molar-refractivity contribution is 6.39. The van der Waals surface area contributed by atoms with Crippen LogP contribution in [0.1, 0.15) is 19.3 Å². The number of hydrogen-bond donors (Lipinski definition) is 0. The van der Waals surface area contributed by atoms with Crippen LogP contribution in [0.25, 0.3) is 0 Å². The van der Waals surface area contributed by atoms with Crippen molar-refractivity contribution in [2.24, 2.45) is 0 Å². The van der Waals surface area contributed by atoms with Crippen molar-refractivity contribution in [1.29, 1.82) is 0 Å². The smallest absolute Gasteiger partial charge is 0.179 e. The van der Waals surface area contributed by atoms with Crippen LogP contribution in [-0.4, -0.2) is 55.1 Å². The highest BCUT2D eigenvalue weighted by atomic mass is 28.2. The van der Waals surface area contributed by atoms with Crippen LogP contribution in [0.5, 0.6) is 0 Å². The molecule has 0 bridgehead atoms. The summed E-state index contributed by atoms with van der Waals surface area (Å²) in [7, 11) is 4.76. The summed E-state index contributed by atoms with van der Waals surface area (Å²) in [5, 5.41) is 0. The molecular weight excluding hydrogens is 224 g/mol. The number of ether oxygens (including phenoxy) is 4. The van der Waals surface area contributed by atoms with Crippen molar-refractivity contribution in [3.05, 3.63) is 0 Å². The standard InChI is InChI=1S/C11H22O4Si/c1-12-10(13-2)11(14-3)16-7-4-5-8-9(6-7)15-8/h7-11H,4-6,16H2,1-3H3. The fourth-order valence-corrected chi connectivity index (χ4v) is 5.20. The van der Waals surface area contributed by atoms with Gasteiger partial charge in [0.1, 0.15) is 0 Å². The third-order valence-corrected chi connectivity index (χ3v) is 6.34. The number of fused-ring (bicyclic) bond motifs is 1. The van der Waals surface area contributed by atoms with Gasteiger partial charge in [0.2, 0.25) is 0 Å². The Balaban J connectivity index is 1.80. The molecule has 0 amide bonds. The Morgan fingerprint density at radius 1 is 1.06 bits per heavy atom. The summed E-state index contributed by atoms with van der Waals surface area (Å²) >= 11 is 0. The van der Waals surface area contributed by atoms with Crippen LogP contribution in [0.15, 0.2) is 0 Å². The Morgan fingerprint density at radius 3 is 2.38 bits per heavy atom. The minimum absolute atomic E-state index is 0.162. The maximum Gasteiger partial charge on any atom is 0.179 e. The normalized spacial score (nSPS) is 35.6. The summed E-state index contributed by atoms with van der Waals surface area (Å²) in [5.74, 6) is 0. The molecule has 94 valence electrons. The predicted octanol–water partition coefficient (Wildman–Crippen LogP) is 0.486.